The number of amides is 1. The zero-order valence-corrected chi connectivity index (χ0v) is 20.6. The van der Waals surface area contributed by atoms with Crippen LogP contribution in [-0.2, 0) is 4.74 Å². The van der Waals surface area contributed by atoms with Crippen LogP contribution in [0, 0.1) is 11.8 Å². The Labute approximate surface area is 208 Å². The predicted molar refractivity (Wildman–Crippen MR) is 133 cm³/mol. The molecule has 1 amide bonds. The molecule has 1 saturated carbocycles. The number of anilines is 2. The highest BCUT2D eigenvalue weighted by Crippen LogP contribution is 2.39. The van der Waals surface area contributed by atoms with Crippen molar-refractivity contribution in [3.63, 3.8) is 0 Å². The number of ether oxygens (including phenoxy) is 1. The first-order valence-corrected chi connectivity index (χ1v) is 13.0. The first-order valence-electron chi connectivity index (χ1n) is 13.0. The van der Waals surface area contributed by atoms with Gasteiger partial charge in [0.25, 0.3) is 12.3 Å². The van der Waals surface area contributed by atoms with Crippen molar-refractivity contribution in [3.8, 4) is 0 Å². The highest BCUT2D eigenvalue weighted by Gasteiger charge is 2.40. The summed E-state index contributed by atoms with van der Waals surface area (Å²) in [6.07, 6.45) is 3.89. The van der Waals surface area contributed by atoms with E-state index < -0.39 is 18.0 Å². The van der Waals surface area contributed by atoms with Gasteiger partial charge in [0.2, 0.25) is 0 Å². The Morgan fingerprint density at radius 2 is 1.97 bits per heavy atom. The maximum absolute atomic E-state index is 13.9. The van der Waals surface area contributed by atoms with Gasteiger partial charge in [-0.15, -0.1) is 0 Å². The smallest absolute Gasteiger partial charge is 0.284 e. The number of furan rings is 1. The standard InChI is InChI=1S/C27H32F2N4O3/c1-15(2)16-6-8-18(9-7-16)33-13-22(24(31-33)26(28)29)30-27(34)21-5-3-4-17-10-23(36-25(17)21)32-12-20-11-19(32)14-35-20/h3-5,10,13,15-16,18-20,26H,6-9,11-12,14H2,1-2H3,(H,30,34)/t16?,18?,19-,20-/m1/s1. The number of hydrogen-bond donors (Lipinski definition) is 1. The van der Waals surface area contributed by atoms with Gasteiger partial charge in [-0.05, 0) is 50.0 Å². The van der Waals surface area contributed by atoms with Crippen LogP contribution in [0.15, 0.2) is 34.9 Å². The molecule has 2 saturated heterocycles. The molecule has 36 heavy (non-hydrogen) atoms. The second-order valence-corrected chi connectivity index (χ2v) is 10.8. The van der Waals surface area contributed by atoms with E-state index in [2.05, 4.69) is 29.2 Å². The molecule has 7 nitrogen and oxygen atoms in total. The average Bonchev–Trinajstić information content (AvgIpc) is 3.66. The molecule has 1 aromatic carbocycles. The van der Waals surface area contributed by atoms with Gasteiger partial charge in [0.15, 0.2) is 11.6 Å². The van der Waals surface area contributed by atoms with Gasteiger partial charge in [-0.25, -0.2) is 8.78 Å². The van der Waals surface area contributed by atoms with Crippen molar-refractivity contribution in [2.75, 3.05) is 23.4 Å². The van der Waals surface area contributed by atoms with Crippen LogP contribution in [0.4, 0.5) is 20.4 Å². The van der Waals surface area contributed by atoms with Gasteiger partial charge in [-0.2, -0.15) is 5.10 Å². The van der Waals surface area contributed by atoms with E-state index in [1.165, 1.54) is 0 Å². The number of fused-ring (bicyclic) bond motifs is 3. The highest BCUT2D eigenvalue weighted by molar-refractivity contribution is 6.12. The van der Waals surface area contributed by atoms with Crippen LogP contribution in [-0.4, -0.2) is 41.0 Å². The van der Waals surface area contributed by atoms with Gasteiger partial charge in [0.1, 0.15) is 5.58 Å². The molecule has 6 rings (SSSR count). The molecule has 0 unspecified atom stereocenters. The summed E-state index contributed by atoms with van der Waals surface area (Å²) in [5.74, 6) is 1.50. The third-order valence-electron chi connectivity index (χ3n) is 8.23. The van der Waals surface area contributed by atoms with E-state index in [1.54, 1.807) is 23.0 Å². The molecule has 4 heterocycles. The maximum atomic E-state index is 13.9. The Morgan fingerprint density at radius 1 is 1.17 bits per heavy atom. The average molecular weight is 499 g/mol. The van der Waals surface area contributed by atoms with E-state index in [0.717, 1.165) is 44.0 Å². The molecule has 2 aromatic heterocycles. The van der Waals surface area contributed by atoms with E-state index in [9.17, 15) is 13.6 Å². The molecule has 2 atom stereocenters. The number of hydrogen-bond acceptors (Lipinski definition) is 5. The molecule has 3 aliphatic rings. The minimum Gasteiger partial charge on any atom is -0.440 e. The monoisotopic (exact) mass is 498 g/mol. The molecule has 9 heteroatoms. The summed E-state index contributed by atoms with van der Waals surface area (Å²) in [7, 11) is 0. The van der Waals surface area contributed by atoms with Crippen molar-refractivity contribution in [2.24, 2.45) is 11.8 Å². The van der Waals surface area contributed by atoms with Gasteiger partial charge >= 0.3 is 0 Å². The summed E-state index contributed by atoms with van der Waals surface area (Å²) in [6.45, 7) is 5.90. The molecule has 3 fully saturated rings. The van der Waals surface area contributed by atoms with E-state index in [4.69, 9.17) is 9.15 Å². The van der Waals surface area contributed by atoms with E-state index in [1.807, 2.05) is 12.1 Å². The molecule has 2 aliphatic heterocycles. The lowest BCUT2D eigenvalue weighted by molar-refractivity contribution is 0.0977. The van der Waals surface area contributed by atoms with Crippen LogP contribution in [0.1, 0.15) is 74.5 Å². The van der Waals surface area contributed by atoms with Gasteiger partial charge in [-0.3, -0.25) is 9.48 Å². The fraction of sp³-hybridized carbons (Fsp3) is 0.556. The van der Waals surface area contributed by atoms with Crippen LogP contribution in [0.3, 0.4) is 0 Å². The van der Waals surface area contributed by atoms with Crippen molar-refractivity contribution < 1.29 is 22.7 Å². The zero-order chi connectivity index (χ0) is 25.0. The number of para-hydroxylation sites is 1. The Morgan fingerprint density at radius 3 is 2.64 bits per heavy atom. The minimum absolute atomic E-state index is 0.0544. The number of benzene rings is 1. The minimum atomic E-state index is -2.78. The second kappa shape index (κ2) is 9.18. The quantitative estimate of drug-likeness (QED) is 0.439. The third-order valence-corrected chi connectivity index (χ3v) is 8.23. The van der Waals surface area contributed by atoms with E-state index >= 15 is 0 Å². The number of nitrogens with one attached hydrogen (secondary N) is 1. The molecule has 192 valence electrons. The third kappa shape index (κ3) is 4.17. The number of carbonyl (C=O) groups excluding carboxylic acids is 1. The van der Waals surface area contributed by atoms with Crippen molar-refractivity contribution in [1.29, 1.82) is 0 Å². The SMILES string of the molecule is CC(C)C1CCC(n2cc(NC(=O)c3cccc4cc(N5C[C@H]6C[C@@H]5CO6)oc34)c(C(F)F)n2)CC1. The van der Waals surface area contributed by atoms with Crippen LogP contribution in [0.2, 0.25) is 0 Å². The van der Waals surface area contributed by atoms with E-state index in [0.29, 0.717) is 35.5 Å². The summed E-state index contributed by atoms with van der Waals surface area (Å²) in [5, 5.41) is 7.70. The Bertz CT molecular complexity index is 1260. The fourth-order valence-electron chi connectivity index (χ4n) is 6.11. The number of morpholine rings is 1. The summed E-state index contributed by atoms with van der Waals surface area (Å²) in [4.78, 5) is 15.5. The van der Waals surface area contributed by atoms with Crippen molar-refractivity contribution in [2.45, 2.75) is 70.6 Å². The number of aromatic nitrogens is 2. The molecular weight excluding hydrogens is 466 g/mol. The molecule has 2 bridgehead atoms. The molecular formula is C27H32F2N4O3. The molecule has 0 radical (unpaired) electrons. The van der Waals surface area contributed by atoms with E-state index in [-0.39, 0.29) is 23.9 Å². The van der Waals surface area contributed by atoms with Crippen LogP contribution in [0.25, 0.3) is 11.0 Å². The van der Waals surface area contributed by atoms with Crippen molar-refractivity contribution in [1.82, 2.24) is 9.78 Å². The predicted octanol–water partition coefficient (Wildman–Crippen LogP) is 6.18. The lowest BCUT2D eigenvalue weighted by atomic mass is 9.80. The van der Waals surface area contributed by atoms with Crippen LogP contribution >= 0.6 is 0 Å². The maximum Gasteiger partial charge on any atom is 0.284 e. The van der Waals surface area contributed by atoms with Crippen molar-refractivity contribution in [3.05, 3.63) is 41.7 Å². The van der Waals surface area contributed by atoms with Crippen LogP contribution < -0.4 is 10.2 Å². The van der Waals surface area contributed by atoms with Crippen LogP contribution in [0.5, 0.6) is 0 Å². The number of alkyl halides is 2. The lowest BCUT2D eigenvalue weighted by Gasteiger charge is -2.30. The number of rotatable bonds is 6. The first-order chi connectivity index (χ1) is 17.4. The van der Waals surface area contributed by atoms with Gasteiger partial charge in [-0.1, -0.05) is 26.0 Å². The van der Waals surface area contributed by atoms with Gasteiger partial charge in [0, 0.05) is 24.2 Å². The summed E-state index contributed by atoms with van der Waals surface area (Å²) in [5.41, 5.74) is 0.421. The normalized spacial score (nSPS) is 26.0. The number of carbonyl (C=O) groups is 1. The number of halogens is 2. The topological polar surface area (TPSA) is 72.5 Å². The van der Waals surface area contributed by atoms with Gasteiger partial charge in [0.05, 0.1) is 36.0 Å². The van der Waals surface area contributed by atoms with Gasteiger partial charge < -0.3 is 19.4 Å². The Kier molecular flexibility index (Phi) is 5.98. The fourth-order valence-corrected chi connectivity index (χ4v) is 6.11. The largest absolute Gasteiger partial charge is 0.440 e. The summed E-state index contributed by atoms with van der Waals surface area (Å²) in [6, 6.07) is 7.61. The molecule has 0 spiro atoms. The highest BCUT2D eigenvalue weighted by atomic mass is 19.3. The zero-order valence-electron chi connectivity index (χ0n) is 20.6. The molecule has 1 N–H and O–H groups in total. The molecule has 3 aromatic rings. The second-order valence-electron chi connectivity index (χ2n) is 10.8. The Balaban J connectivity index is 1.23. The molecule has 1 aliphatic carbocycles. The summed E-state index contributed by atoms with van der Waals surface area (Å²) >= 11 is 0. The lowest BCUT2D eigenvalue weighted by Crippen LogP contribution is -2.36. The summed E-state index contributed by atoms with van der Waals surface area (Å²) < 4.78 is 41.2. The van der Waals surface area contributed by atoms with Crippen molar-refractivity contribution >= 4 is 28.4 Å². The number of nitrogens with zero attached hydrogens (tertiary/aromatic N) is 3. The Hall–Kier alpha value is -2.94. The first kappa shape index (κ1) is 23.5.